The number of halogens is 6. The molecule has 0 saturated heterocycles. The van der Waals surface area contributed by atoms with Crippen LogP contribution in [0, 0.1) is 5.92 Å². The fourth-order valence-electron chi connectivity index (χ4n) is 0.653. The van der Waals surface area contributed by atoms with Crippen LogP contribution in [0.25, 0.3) is 0 Å². The molecule has 0 unspecified atom stereocenters. The Morgan fingerprint density at radius 1 is 1.13 bits per heavy atom. The van der Waals surface area contributed by atoms with Crippen molar-refractivity contribution in [1.29, 1.82) is 0 Å². The van der Waals surface area contributed by atoms with E-state index in [1.54, 1.807) is 0 Å². The van der Waals surface area contributed by atoms with Gasteiger partial charge in [0.15, 0.2) is 5.92 Å². The van der Waals surface area contributed by atoms with Gasteiger partial charge in [-0.2, -0.15) is 26.3 Å². The molecule has 0 aliphatic rings. The van der Waals surface area contributed by atoms with E-state index in [9.17, 15) is 31.1 Å². The van der Waals surface area contributed by atoms with Gasteiger partial charge in [0.05, 0.1) is 0 Å². The Bertz CT molecular complexity index is 205. The highest BCUT2D eigenvalue weighted by molar-refractivity contribution is 5.68. The van der Waals surface area contributed by atoms with Crippen molar-refractivity contribution >= 4 is 5.97 Å². The van der Waals surface area contributed by atoms with Crippen LogP contribution in [-0.2, 0) is 9.53 Å². The summed E-state index contributed by atoms with van der Waals surface area (Å²) in [7, 11) is 0. The van der Waals surface area contributed by atoms with Crippen molar-refractivity contribution in [3.05, 3.63) is 0 Å². The summed E-state index contributed by atoms with van der Waals surface area (Å²) in [6.45, 7) is -0.460. The van der Waals surface area contributed by atoms with Crippen LogP contribution in [0.1, 0.15) is 13.3 Å². The molecule has 0 bridgehead atoms. The number of rotatable bonds is 3. The third-order valence-corrected chi connectivity index (χ3v) is 1.49. The van der Waals surface area contributed by atoms with E-state index < -0.39 is 30.8 Å². The number of ether oxygens (including phenoxy) is 1. The zero-order chi connectivity index (χ0) is 12.3. The van der Waals surface area contributed by atoms with Gasteiger partial charge >= 0.3 is 18.3 Å². The summed E-state index contributed by atoms with van der Waals surface area (Å²) < 4.78 is 75.0. The fourth-order valence-corrected chi connectivity index (χ4v) is 0.653. The maximum Gasteiger partial charge on any atom is 0.403 e. The second-order valence-electron chi connectivity index (χ2n) is 2.67. The van der Waals surface area contributed by atoms with E-state index in [0.717, 1.165) is 0 Å². The summed E-state index contributed by atoms with van der Waals surface area (Å²) in [6, 6.07) is 0. The molecular weight excluding hydrogens is 230 g/mol. The van der Waals surface area contributed by atoms with Gasteiger partial charge in [0.25, 0.3) is 0 Å². The predicted molar refractivity (Wildman–Crippen MR) is 36.9 cm³/mol. The van der Waals surface area contributed by atoms with Crippen molar-refractivity contribution in [3.63, 3.8) is 0 Å². The summed E-state index contributed by atoms with van der Waals surface area (Å²) in [5.41, 5.74) is 0. The lowest BCUT2D eigenvalue weighted by atomic mass is 10.1. The predicted octanol–water partition coefficient (Wildman–Crippen LogP) is 2.68. The van der Waals surface area contributed by atoms with E-state index >= 15 is 0 Å². The van der Waals surface area contributed by atoms with Crippen molar-refractivity contribution in [2.45, 2.75) is 25.7 Å². The Hall–Kier alpha value is -0.950. The molecule has 2 nitrogen and oxygen atoms in total. The van der Waals surface area contributed by atoms with Gasteiger partial charge in [-0.15, -0.1) is 0 Å². The Kier molecular flexibility index (Phi) is 4.42. The van der Waals surface area contributed by atoms with Crippen LogP contribution in [0.4, 0.5) is 26.3 Å². The van der Waals surface area contributed by atoms with Crippen molar-refractivity contribution in [1.82, 2.24) is 0 Å². The summed E-state index contributed by atoms with van der Waals surface area (Å²) in [6.07, 6.45) is -11.2. The molecule has 0 aromatic rings. The molecule has 0 aliphatic carbocycles. The molecule has 90 valence electrons. The molecule has 0 radical (unpaired) electrons. The molecular formula is C7H8F6O2. The van der Waals surface area contributed by atoms with Crippen LogP contribution >= 0.6 is 0 Å². The number of carbonyl (C=O) groups is 1. The number of carbonyl (C=O) groups excluding carboxylic acids is 1. The summed E-state index contributed by atoms with van der Waals surface area (Å²) >= 11 is 0. The smallest absolute Gasteiger partial charge is 0.403 e. The molecule has 0 amide bonds. The molecule has 8 heteroatoms. The van der Waals surface area contributed by atoms with Gasteiger partial charge in [0, 0.05) is 6.42 Å². The van der Waals surface area contributed by atoms with Crippen LogP contribution in [0.5, 0.6) is 0 Å². The topological polar surface area (TPSA) is 26.3 Å². The molecule has 15 heavy (non-hydrogen) atoms. The van der Waals surface area contributed by atoms with Gasteiger partial charge in [0.2, 0.25) is 0 Å². The van der Waals surface area contributed by atoms with Crippen LogP contribution in [0.2, 0.25) is 0 Å². The van der Waals surface area contributed by atoms with E-state index in [0.29, 0.717) is 0 Å². The zero-order valence-electron chi connectivity index (χ0n) is 7.58. The maximum atomic E-state index is 11.9. The number of esters is 1. The molecule has 0 heterocycles. The molecule has 0 rings (SSSR count). The third-order valence-electron chi connectivity index (χ3n) is 1.49. The lowest BCUT2D eigenvalue weighted by molar-refractivity contribution is -0.292. The first kappa shape index (κ1) is 14.0. The van der Waals surface area contributed by atoms with Gasteiger partial charge in [-0.1, -0.05) is 6.92 Å². The molecule has 0 aliphatic heterocycles. The third kappa shape index (κ3) is 4.89. The van der Waals surface area contributed by atoms with Crippen LogP contribution in [0.3, 0.4) is 0 Å². The van der Waals surface area contributed by atoms with Gasteiger partial charge in [-0.25, -0.2) is 0 Å². The summed E-state index contributed by atoms with van der Waals surface area (Å²) in [5, 5.41) is 0. The average molecular weight is 238 g/mol. The molecule has 0 aromatic heterocycles. The van der Waals surface area contributed by atoms with Gasteiger partial charge in [-0.3, -0.25) is 4.79 Å². The average Bonchev–Trinajstić information content (AvgIpc) is 1.99. The first-order valence-corrected chi connectivity index (χ1v) is 3.88. The Labute approximate surface area is 81.2 Å². The molecule has 0 N–H and O–H groups in total. The van der Waals surface area contributed by atoms with Crippen LogP contribution < -0.4 is 0 Å². The summed E-state index contributed by atoms with van der Waals surface area (Å²) in [5.74, 6) is -4.73. The minimum Gasteiger partial charge on any atom is -0.465 e. The molecule has 0 aromatic carbocycles. The lowest BCUT2D eigenvalue weighted by Crippen LogP contribution is -2.40. The largest absolute Gasteiger partial charge is 0.465 e. The van der Waals surface area contributed by atoms with Crippen molar-refractivity contribution in [3.8, 4) is 0 Å². The molecule has 0 atom stereocenters. The molecule has 0 spiro atoms. The highest BCUT2D eigenvalue weighted by Crippen LogP contribution is 2.39. The molecule has 0 fully saturated rings. The van der Waals surface area contributed by atoms with Crippen LogP contribution in [-0.4, -0.2) is 24.9 Å². The van der Waals surface area contributed by atoms with Gasteiger partial charge < -0.3 is 4.74 Å². The number of alkyl halides is 6. The minimum absolute atomic E-state index is 0.275. The van der Waals surface area contributed by atoms with Crippen LogP contribution in [0.15, 0.2) is 0 Å². The first-order chi connectivity index (χ1) is 6.59. The molecule has 0 saturated carbocycles. The minimum atomic E-state index is -5.47. The lowest BCUT2D eigenvalue weighted by Gasteiger charge is -2.22. The van der Waals surface area contributed by atoms with Gasteiger partial charge in [0.1, 0.15) is 6.61 Å². The standard InChI is InChI=1S/C7H8F6O2/c1-2-5(14)15-3-4(6(8,9)10)7(11,12)13/h4H,2-3H2,1H3. The van der Waals surface area contributed by atoms with Crippen molar-refractivity contribution in [2.75, 3.05) is 6.61 Å². The van der Waals surface area contributed by atoms with E-state index in [1.807, 2.05) is 0 Å². The normalized spacial score (nSPS) is 13.1. The maximum absolute atomic E-state index is 11.9. The van der Waals surface area contributed by atoms with Crippen molar-refractivity contribution in [2.24, 2.45) is 5.92 Å². The SMILES string of the molecule is CCC(=O)OCC(C(F)(F)F)C(F)(F)F. The fraction of sp³-hybridized carbons (Fsp3) is 0.857. The van der Waals surface area contributed by atoms with E-state index in [1.165, 1.54) is 6.92 Å². The Morgan fingerprint density at radius 3 is 1.80 bits per heavy atom. The highest BCUT2D eigenvalue weighted by atomic mass is 19.4. The number of hydrogen-bond donors (Lipinski definition) is 0. The Morgan fingerprint density at radius 2 is 1.53 bits per heavy atom. The Balaban J connectivity index is 4.49. The zero-order valence-corrected chi connectivity index (χ0v) is 7.58. The van der Waals surface area contributed by atoms with Crippen molar-refractivity contribution < 1.29 is 35.9 Å². The van der Waals surface area contributed by atoms with E-state index in [2.05, 4.69) is 4.74 Å². The van der Waals surface area contributed by atoms with E-state index in [4.69, 9.17) is 0 Å². The second-order valence-corrected chi connectivity index (χ2v) is 2.67. The number of hydrogen-bond acceptors (Lipinski definition) is 2. The monoisotopic (exact) mass is 238 g/mol. The van der Waals surface area contributed by atoms with Gasteiger partial charge in [-0.05, 0) is 0 Å². The first-order valence-electron chi connectivity index (χ1n) is 3.88. The van der Waals surface area contributed by atoms with E-state index in [-0.39, 0.29) is 6.42 Å². The highest BCUT2D eigenvalue weighted by Gasteiger charge is 2.57. The second kappa shape index (κ2) is 4.71. The summed E-state index contributed by atoms with van der Waals surface area (Å²) in [4.78, 5) is 10.4. The quantitative estimate of drug-likeness (QED) is 0.558.